The molecule has 25 heavy (non-hydrogen) atoms. The third-order valence-corrected chi connectivity index (χ3v) is 4.69. The Kier molecular flexibility index (Phi) is 5.68. The van der Waals surface area contributed by atoms with Crippen molar-refractivity contribution in [3.63, 3.8) is 0 Å². The van der Waals surface area contributed by atoms with E-state index in [1.807, 2.05) is 70.4 Å². The molecule has 0 radical (unpaired) electrons. The first kappa shape index (κ1) is 19.2. The lowest BCUT2D eigenvalue weighted by atomic mass is 9.80. The van der Waals surface area contributed by atoms with Crippen molar-refractivity contribution in [3.05, 3.63) is 47.4 Å². The zero-order valence-corrected chi connectivity index (χ0v) is 16.0. The molecule has 0 aliphatic rings. The van der Waals surface area contributed by atoms with Crippen molar-refractivity contribution in [2.75, 3.05) is 6.54 Å². The van der Waals surface area contributed by atoms with Crippen LogP contribution in [-0.4, -0.2) is 33.2 Å². The highest BCUT2D eigenvalue weighted by Crippen LogP contribution is 2.25. The van der Waals surface area contributed by atoms with Gasteiger partial charge in [0.1, 0.15) is 5.82 Å². The van der Waals surface area contributed by atoms with Gasteiger partial charge in [0.15, 0.2) is 0 Å². The van der Waals surface area contributed by atoms with Gasteiger partial charge in [-0.2, -0.15) is 0 Å². The van der Waals surface area contributed by atoms with Gasteiger partial charge in [-0.05, 0) is 38.0 Å². The third kappa shape index (κ3) is 4.10. The Balaban J connectivity index is 2.19. The molecule has 2 N–H and O–H groups in total. The van der Waals surface area contributed by atoms with Crippen LogP contribution in [0.1, 0.15) is 49.4 Å². The lowest BCUT2D eigenvalue weighted by molar-refractivity contribution is 0.0138. The molecular formula is C20H29N3O2. The van der Waals surface area contributed by atoms with Crippen molar-refractivity contribution >= 4 is 5.91 Å². The van der Waals surface area contributed by atoms with Crippen LogP contribution < -0.4 is 5.32 Å². The van der Waals surface area contributed by atoms with Crippen LogP contribution in [-0.2, 0) is 0 Å². The Hall–Kier alpha value is -2.14. The van der Waals surface area contributed by atoms with Crippen molar-refractivity contribution in [1.29, 1.82) is 0 Å². The number of hydrogen-bond acceptors (Lipinski definition) is 3. The molecule has 136 valence electrons. The molecule has 0 aliphatic heterocycles. The summed E-state index contributed by atoms with van der Waals surface area (Å²) in [7, 11) is 0. The fraction of sp³-hybridized carbons (Fsp3) is 0.500. The Morgan fingerprint density at radius 1 is 1.32 bits per heavy atom. The zero-order chi connectivity index (χ0) is 18.8. The number of aryl methyl sites for hydroxylation is 1. The summed E-state index contributed by atoms with van der Waals surface area (Å²) in [6.07, 6.45) is 1.26. The highest BCUT2D eigenvalue weighted by Gasteiger charge is 2.31. The van der Waals surface area contributed by atoms with E-state index < -0.39 is 11.5 Å². The molecule has 1 amide bonds. The van der Waals surface area contributed by atoms with Crippen molar-refractivity contribution in [1.82, 2.24) is 14.9 Å². The second-order valence-corrected chi connectivity index (χ2v) is 7.67. The van der Waals surface area contributed by atoms with E-state index in [-0.39, 0.29) is 11.8 Å². The fourth-order valence-electron chi connectivity index (χ4n) is 3.24. The molecule has 0 aromatic carbocycles. The molecule has 5 nitrogen and oxygen atoms in total. The van der Waals surface area contributed by atoms with Gasteiger partial charge in [0, 0.05) is 29.5 Å². The molecule has 0 saturated heterocycles. The monoisotopic (exact) mass is 343 g/mol. The smallest absolute Gasteiger partial charge is 0.253 e. The van der Waals surface area contributed by atoms with Gasteiger partial charge in [0.2, 0.25) is 0 Å². The molecular weight excluding hydrogens is 314 g/mol. The van der Waals surface area contributed by atoms with E-state index in [0.29, 0.717) is 12.1 Å². The van der Waals surface area contributed by atoms with Gasteiger partial charge >= 0.3 is 0 Å². The number of carbonyl (C=O) groups excluding carboxylic acids is 1. The fourth-order valence-corrected chi connectivity index (χ4v) is 3.24. The van der Waals surface area contributed by atoms with Gasteiger partial charge in [-0.1, -0.05) is 33.8 Å². The molecule has 0 fully saturated rings. The molecule has 1 atom stereocenters. The highest BCUT2D eigenvalue weighted by atomic mass is 16.3. The minimum atomic E-state index is -0.478. The Bertz CT molecular complexity index is 733. The summed E-state index contributed by atoms with van der Waals surface area (Å²) in [5, 5.41) is 13.3. The maximum absolute atomic E-state index is 12.7. The lowest BCUT2D eigenvalue weighted by Crippen LogP contribution is -2.43. The average Bonchev–Trinajstić information content (AvgIpc) is 2.87. The Labute approximate surface area is 150 Å². The first-order valence-corrected chi connectivity index (χ1v) is 8.71. The van der Waals surface area contributed by atoms with E-state index in [9.17, 15) is 9.90 Å². The standard InChI is InChI=1S/C20H29N3O2/c1-13(2)18(24)20(5,6)12-22-19(25)16-11-14(3)23(15(16)4)17-9-7-8-10-21-17/h7-11,13,18,24H,12H2,1-6H3,(H,22,25). The molecule has 0 saturated carbocycles. The SMILES string of the molecule is Cc1cc(C(=O)NCC(C)(C)C(O)C(C)C)c(C)n1-c1ccccn1. The van der Waals surface area contributed by atoms with Gasteiger partial charge in [-0.25, -0.2) is 4.98 Å². The van der Waals surface area contributed by atoms with E-state index >= 15 is 0 Å². The second-order valence-electron chi connectivity index (χ2n) is 7.67. The largest absolute Gasteiger partial charge is 0.392 e. The van der Waals surface area contributed by atoms with Gasteiger partial charge in [-0.3, -0.25) is 4.79 Å². The molecule has 5 heteroatoms. The van der Waals surface area contributed by atoms with E-state index in [4.69, 9.17) is 0 Å². The van der Waals surface area contributed by atoms with Crippen LogP contribution in [0, 0.1) is 25.2 Å². The number of amides is 1. The molecule has 2 aromatic heterocycles. The van der Waals surface area contributed by atoms with Crippen molar-refractivity contribution in [2.24, 2.45) is 11.3 Å². The minimum Gasteiger partial charge on any atom is -0.392 e. The summed E-state index contributed by atoms with van der Waals surface area (Å²) >= 11 is 0. The van der Waals surface area contributed by atoms with Crippen LogP contribution in [0.4, 0.5) is 0 Å². The summed E-state index contributed by atoms with van der Waals surface area (Å²) in [6.45, 7) is 12.2. The lowest BCUT2D eigenvalue weighted by Gasteiger charge is -2.33. The van der Waals surface area contributed by atoms with Crippen LogP contribution in [0.3, 0.4) is 0 Å². The first-order chi connectivity index (χ1) is 11.6. The van der Waals surface area contributed by atoms with Crippen LogP contribution in [0.15, 0.2) is 30.5 Å². The zero-order valence-electron chi connectivity index (χ0n) is 16.0. The van der Waals surface area contributed by atoms with E-state index in [2.05, 4.69) is 10.3 Å². The molecule has 2 rings (SSSR count). The number of nitrogens with zero attached hydrogens (tertiary/aromatic N) is 2. The van der Waals surface area contributed by atoms with Crippen molar-refractivity contribution < 1.29 is 9.90 Å². The van der Waals surface area contributed by atoms with Crippen LogP contribution >= 0.6 is 0 Å². The summed E-state index contributed by atoms with van der Waals surface area (Å²) in [4.78, 5) is 17.0. The van der Waals surface area contributed by atoms with Crippen LogP contribution in [0.25, 0.3) is 5.82 Å². The quantitative estimate of drug-likeness (QED) is 0.846. The highest BCUT2D eigenvalue weighted by molar-refractivity contribution is 5.95. The predicted molar refractivity (Wildman–Crippen MR) is 100.0 cm³/mol. The Morgan fingerprint density at radius 3 is 2.56 bits per heavy atom. The van der Waals surface area contributed by atoms with E-state index in [1.165, 1.54) is 0 Å². The maximum Gasteiger partial charge on any atom is 0.253 e. The van der Waals surface area contributed by atoms with Crippen molar-refractivity contribution in [2.45, 2.75) is 47.6 Å². The molecule has 0 bridgehead atoms. The molecule has 0 aliphatic carbocycles. The van der Waals surface area contributed by atoms with E-state index in [1.54, 1.807) is 6.20 Å². The van der Waals surface area contributed by atoms with E-state index in [0.717, 1.165) is 17.2 Å². The van der Waals surface area contributed by atoms with Crippen LogP contribution in [0.5, 0.6) is 0 Å². The number of carbonyl (C=O) groups is 1. The average molecular weight is 343 g/mol. The minimum absolute atomic E-state index is 0.126. The maximum atomic E-state index is 12.7. The number of aliphatic hydroxyl groups is 1. The first-order valence-electron chi connectivity index (χ1n) is 8.71. The number of rotatable bonds is 6. The summed E-state index contributed by atoms with van der Waals surface area (Å²) < 4.78 is 1.98. The van der Waals surface area contributed by atoms with Gasteiger partial charge < -0.3 is 15.0 Å². The van der Waals surface area contributed by atoms with Gasteiger partial charge in [0.25, 0.3) is 5.91 Å². The number of pyridine rings is 1. The van der Waals surface area contributed by atoms with Gasteiger partial charge in [-0.15, -0.1) is 0 Å². The number of nitrogens with one attached hydrogen (secondary N) is 1. The number of aliphatic hydroxyl groups excluding tert-OH is 1. The topological polar surface area (TPSA) is 67.2 Å². The van der Waals surface area contributed by atoms with Gasteiger partial charge in [0.05, 0.1) is 11.7 Å². The predicted octanol–water partition coefficient (Wildman–Crippen LogP) is 3.26. The third-order valence-electron chi connectivity index (χ3n) is 4.69. The number of aromatic nitrogens is 2. The summed E-state index contributed by atoms with van der Waals surface area (Å²) in [5.41, 5.74) is 2.06. The molecule has 2 aromatic rings. The summed E-state index contributed by atoms with van der Waals surface area (Å²) in [6, 6.07) is 7.60. The van der Waals surface area contributed by atoms with Crippen LogP contribution in [0.2, 0.25) is 0 Å². The normalized spacial score (nSPS) is 13.1. The second kappa shape index (κ2) is 7.40. The number of hydrogen-bond donors (Lipinski definition) is 2. The molecule has 2 heterocycles. The van der Waals surface area contributed by atoms with Crippen molar-refractivity contribution in [3.8, 4) is 5.82 Å². The molecule has 0 spiro atoms. The Morgan fingerprint density at radius 2 is 2.00 bits per heavy atom. The summed E-state index contributed by atoms with van der Waals surface area (Å²) in [5.74, 6) is 0.813. The molecule has 1 unspecified atom stereocenters.